The first-order valence-corrected chi connectivity index (χ1v) is 3.85. The Bertz CT molecular complexity index is 344. The second kappa shape index (κ2) is 3.78. The van der Waals surface area contributed by atoms with Gasteiger partial charge in [-0.3, -0.25) is 4.79 Å². The van der Waals surface area contributed by atoms with Gasteiger partial charge in [0.05, 0.1) is 5.69 Å². The Morgan fingerprint density at radius 1 is 1.21 bits per heavy atom. The monoisotopic (exact) mass is 195 g/mol. The van der Waals surface area contributed by atoms with Crippen LogP contribution in [-0.2, 0) is 4.79 Å². The molecular weight excluding hydrogens is 186 g/mol. The van der Waals surface area contributed by atoms with E-state index >= 15 is 0 Å². The van der Waals surface area contributed by atoms with Gasteiger partial charge in [0.1, 0.15) is 5.75 Å². The number of hydrogen-bond acceptors (Lipinski definition) is 3. The van der Waals surface area contributed by atoms with E-state index in [-0.39, 0.29) is 11.4 Å². The number of hydrogen-bond donors (Lipinski definition) is 2. The molecule has 0 atom stereocenters. The van der Waals surface area contributed by atoms with Crippen molar-refractivity contribution in [3.63, 3.8) is 0 Å². The number of nitrogens with zero attached hydrogens (tertiary/aromatic N) is 1. The summed E-state index contributed by atoms with van der Waals surface area (Å²) in [4.78, 5) is 22.2. The summed E-state index contributed by atoms with van der Waals surface area (Å²) in [6, 6.07) is 5.33. The van der Waals surface area contributed by atoms with E-state index in [0.717, 1.165) is 6.92 Å². The first-order chi connectivity index (χ1) is 6.52. The number of phenols is 1. The molecule has 0 spiro atoms. The topological polar surface area (TPSA) is 77.8 Å². The third-order valence-electron chi connectivity index (χ3n) is 1.61. The molecule has 0 aliphatic heterocycles. The molecule has 0 heterocycles. The molecule has 14 heavy (non-hydrogen) atoms. The molecule has 0 saturated carbocycles. The largest absolute Gasteiger partial charge is 0.508 e. The van der Waals surface area contributed by atoms with Gasteiger partial charge < -0.3 is 10.2 Å². The normalized spacial score (nSPS) is 9.50. The van der Waals surface area contributed by atoms with Crippen molar-refractivity contribution in [2.75, 3.05) is 4.90 Å². The first-order valence-electron chi connectivity index (χ1n) is 3.85. The zero-order chi connectivity index (χ0) is 10.7. The summed E-state index contributed by atoms with van der Waals surface area (Å²) in [7, 11) is 0. The number of rotatable bonds is 1. The Morgan fingerprint density at radius 2 is 1.71 bits per heavy atom. The number of benzene rings is 1. The first kappa shape index (κ1) is 10.0. The second-order valence-corrected chi connectivity index (χ2v) is 2.65. The zero-order valence-corrected chi connectivity index (χ0v) is 7.47. The number of amides is 2. The zero-order valence-electron chi connectivity index (χ0n) is 7.47. The lowest BCUT2D eigenvalue weighted by Gasteiger charge is -2.14. The van der Waals surface area contributed by atoms with Gasteiger partial charge in [-0.1, -0.05) is 0 Å². The lowest BCUT2D eigenvalue weighted by atomic mass is 10.3. The second-order valence-electron chi connectivity index (χ2n) is 2.65. The lowest BCUT2D eigenvalue weighted by molar-refractivity contribution is -0.116. The van der Waals surface area contributed by atoms with Gasteiger partial charge in [-0.15, -0.1) is 0 Å². The predicted molar refractivity (Wildman–Crippen MR) is 49.3 cm³/mol. The van der Waals surface area contributed by atoms with Crippen molar-refractivity contribution in [3.8, 4) is 5.75 Å². The van der Waals surface area contributed by atoms with Crippen LogP contribution in [0.1, 0.15) is 6.92 Å². The van der Waals surface area contributed by atoms with Crippen molar-refractivity contribution in [2.24, 2.45) is 0 Å². The molecule has 0 saturated heterocycles. The molecule has 0 aliphatic rings. The summed E-state index contributed by atoms with van der Waals surface area (Å²) in [5.41, 5.74) is 0.211. The van der Waals surface area contributed by atoms with Crippen LogP contribution >= 0.6 is 0 Å². The van der Waals surface area contributed by atoms with Crippen molar-refractivity contribution in [2.45, 2.75) is 6.92 Å². The van der Waals surface area contributed by atoms with Crippen LogP contribution in [0.3, 0.4) is 0 Å². The maximum atomic E-state index is 11.0. The summed E-state index contributed by atoms with van der Waals surface area (Å²) in [5, 5.41) is 17.7. The van der Waals surface area contributed by atoms with Gasteiger partial charge in [-0.2, -0.15) is 0 Å². The van der Waals surface area contributed by atoms with E-state index < -0.39 is 12.0 Å². The number of carbonyl (C=O) groups is 2. The number of imide groups is 1. The number of phenolic OH excluding ortho intramolecular Hbond substituents is 1. The smallest absolute Gasteiger partial charge is 0.418 e. The highest BCUT2D eigenvalue weighted by atomic mass is 16.4. The third-order valence-corrected chi connectivity index (χ3v) is 1.61. The van der Waals surface area contributed by atoms with Gasteiger partial charge in [0.15, 0.2) is 0 Å². The molecule has 1 aromatic rings. The Hall–Kier alpha value is -2.04. The quantitative estimate of drug-likeness (QED) is 0.710. The highest BCUT2D eigenvalue weighted by Gasteiger charge is 2.18. The van der Waals surface area contributed by atoms with Crippen LogP contribution in [0.15, 0.2) is 24.3 Å². The maximum Gasteiger partial charge on any atom is 0.418 e. The average Bonchev–Trinajstić information content (AvgIpc) is 2.07. The van der Waals surface area contributed by atoms with E-state index in [1.54, 1.807) is 0 Å². The molecule has 0 radical (unpaired) electrons. The Balaban J connectivity index is 3.06. The number of anilines is 1. The average molecular weight is 195 g/mol. The third kappa shape index (κ3) is 2.01. The number of carboxylic acid groups (broad SMARTS) is 1. The van der Waals surface area contributed by atoms with Crippen LogP contribution in [0.2, 0.25) is 0 Å². The van der Waals surface area contributed by atoms with E-state index in [4.69, 9.17) is 10.2 Å². The maximum absolute atomic E-state index is 11.0. The van der Waals surface area contributed by atoms with Crippen molar-refractivity contribution in [1.82, 2.24) is 0 Å². The van der Waals surface area contributed by atoms with Gasteiger partial charge in [-0.05, 0) is 24.3 Å². The van der Waals surface area contributed by atoms with Crippen molar-refractivity contribution < 1.29 is 19.8 Å². The minimum absolute atomic E-state index is 0.0163. The number of aromatic hydroxyl groups is 1. The predicted octanol–water partition coefficient (Wildman–Crippen LogP) is 1.42. The Kier molecular flexibility index (Phi) is 2.71. The van der Waals surface area contributed by atoms with Gasteiger partial charge in [-0.25, -0.2) is 9.69 Å². The molecule has 0 aliphatic carbocycles. The molecule has 0 fully saturated rings. The number of carbonyl (C=O) groups excluding carboxylic acids is 1. The van der Waals surface area contributed by atoms with Crippen LogP contribution < -0.4 is 4.90 Å². The van der Waals surface area contributed by atoms with E-state index in [1.165, 1.54) is 24.3 Å². The van der Waals surface area contributed by atoms with Crippen molar-refractivity contribution in [1.29, 1.82) is 0 Å². The Morgan fingerprint density at radius 3 is 2.07 bits per heavy atom. The molecule has 2 amide bonds. The van der Waals surface area contributed by atoms with E-state index in [2.05, 4.69) is 0 Å². The van der Waals surface area contributed by atoms with Crippen LogP contribution in [0.5, 0.6) is 5.75 Å². The highest BCUT2D eigenvalue weighted by Crippen LogP contribution is 2.18. The summed E-state index contributed by atoms with van der Waals surface area (Å²) >= 11 is 0. The molecule has 0 bridgehead atoms. The van der Waals surface area contributed by atoms with E-state index in [9.17, 15) is 9.59 Å². The fourth-order valence-corrected chi connectivity index (χ4v) is 1.03. The molecule has 1 aromatic carbocycles. The molecule has 0 unspecified atom stereocenters. The minimum Gasteiger partial charge on any atom is -0.508 e. The van der Waals surface area contributed by atoms with Gasteiger partial charge >= 0.3 is 6.09 Å². The van der Waals surface area contributed by atoms with E-state index in [1.807, 2.05) is 0 Å². The molecule has 1 rings (SSSR count). The standard InChI is InChI=1S/C9H9NO4/c1-6(11)10(9(13)14)7-2-4-8(12)5-3-7/h2-5,12H,1H3,(H,13,14). The summed E-state index contributed by atoms with van der Waals surface area (Å²) in [6.07, 6.45) is -1.34. The summed E-state index contributed by atoms with van der Waals surface area (Å²) in [6.45, 7) is 1.15. The molecule has 74 valence electrons. The van der Waals surface area contributed by atoms with E-state index in [0.29, 0.717) is 4.90 Å². The van der Waals surface area contributed by atoms with Crippen LogP contribution in [0.4, 0.5) is 10.5 Å². The molecule has 5 heteroatoms. The molecular formula is C9H9NO4. The van der Waals surface area contributed by atoms with Crippen LogP contribution in [-0.4, -0.2) is 22.2 Å². The fourth-order valence-electron chi connectivity index (χ4n) is 1.03. The SMILES string of the molecule is CC(=O)N(C(=O)O)c1ccc(O)cc1. The van der Waals surface area contributed by atoms with Gasteiger partial charge in [0.2, 0.25) is 5.91 Å². The van der Waals surface area contributed by atoms with Gasteiger partial charge in [0, 0.05) is 6.92 Å². The van der Waals surface area contributed by atoms with Crippen molar-refractivity contribution in [3.05, 3.63) is 24.3 Å². The highest BCUT2D eigenvalue weighted by molar-refractivity contribution is 6.10. The molecule has 5 nitrogen and oxygen atoms in total. The lowest BCUT2D eigenvalue weighted by Crippen LogP contribution is -2.33. The molecule has 2 N–H and O–H groups in total. The molecule has 0 aromatic heterocycles. The van der Waals surface area contributed by atoms with Crippen LogP contribution in [0.25, 0.3) is 0 Å². The van der Waals surface area contributed by atoms with Crippen LogP contribution in [0, 0.1) is 0 Å². The Labute approximate surface area is 80.2 Å². The minimum atomic E-state index is -1.34. The summed E-state index contributed by atoms with van der Waals surface area (Å²) in [5.74, 6) is -0.578. The van der Waals surface area contributed by atoms with Gasteiger partial charge in [0.25, 0.3) is 0 Å². The van der Waals surface area contributed by atoms with Crippen molar-refractivity contribution >= 4 is 17.7 Å². The fraction of sp³-hybridized carbons (Fsp3) is 0.111. The summed E-state index contributed by atoms with van der Waals surface area (Å²) < 4.78 is 0.